The molecule has 0 aliphatic carbocycles. The van der Waals surface area contributed by atoms with Crippen molar-refractivity contribution in [3.05, 3.63) is 34.1 Å². The van der Waals surface area contributed by atoms with Crippen LogP contribution in [0.3, 0.4) is 0 Å². The van der Waals surface area contributed by atoms with Crippen LogP contribution in [0.4, 0.5) is 4.39 Å². The number of hydrogen-bond acceptors (Lipinski definition) is 3. The van der Waals surface area contributed by atoms with Crippen LogP contribution in [-0.2, 0) is 16.1 Å². The molecule has 1 rings (SSSR count). The molecule has 0 saturated carbocycles. The van der Waals surface area contributed by atoms with Gasteiger partial charge in [0.15, 0.2) is 0 Å². The fourth-order valence-corrected chi connectivity index (χ4v) is 1.68. The molecule has 0 aliphatic heterocycles. The van der Waals surface area contributed by atoms with Gasteiger partial charge in [0.2, 0.25) is 5.91 Å². The molecule has 0 aliphatic rings. The smallest absolute Gasteiger partial charge is 0.305 e. The van der Waals surface area contributed by atoms with E-state index in [1.807, 2.05) is 0 Å². The number of carboxylic acids is 1. The molecular formula is C11H12BrFN2O3. The van der Waals surface area contributed by atoms with Crippen LogP contribution in [0.25, 0.3) is 0 Å². The van der Waals surface area contributed by atoms with E-state index in [1.165, 1.54) is 18.2 Å². The molecule has 5 nitrogen and oxygen atoms in total. The number of carbonyl (C=O) groups excluding carboxylic acids is 1. The number of benzene rings is 1. The first-order valence-electron chi connectivity index (χ1n) is 5.09. The van der Waals surface area contributed by atoms with E-state index in [4.69, 9.17) is 10.8 Å². The van der Waals surface area contributed by atoms with Crippen LogP contribution in [0.15, 0.2) is 22.7 Å². The van der Waals surface area contributed by atoms with Crippen LogP contribution < -0.4 is 11.1 Å². The summed E-state index contributed by atoms with van der Waals surface area (Å²) in [6, 6.07) is 3.19. The van der Waals surface area contributed by atoms with Crippen molar-refractivity contribution in [3.63, 3.8) is 0 Å². The van der Waals surface area contributed by atoms with Gasteiger partial charge in [-0.2, -0.15) is 0 Å². The van der Waals surface area contributed by atoms with Crippen molar-refractivity contribution >= 4 is 27.8 Å². The minimum Gasteiger partial charge on any atom is -0.481 e. The molecule has 0 aromatic heterocycles. The molecule has 18 heavy (non-hydrogen) atoms. The molecule has 0 bridgehead atoms. The fourth-order valence-electron chi connectivity index (χ4n) is 1.27. The van der Waals surface area contributed by atoms with E-state index in [2.05, 4.69) is 21.2 Å². The lowest BCUT2D eigenvalue weighted by Gasteiger charge is -2.10. The van der Waals surface area contributed by atoms with E-state index in [1.54, 1.807) is 0 Å². The second-order valence-corrected chi connectivity index (χ2v) is 4.57. The third kappa shape index (κ3) is 4.42. The van der Waals surface area contributed by atoms with Gasteiger partial charge in [-0.15, -0.1) is 0 Å². The predicted octanol–water partition coefficient (Wildman–Crippen LogP) is 1.01. The summed E-state index contributed by atoms with van der Waals surface area (Å²) in [7, 11) is 0. The summed E-state index contributed by atoms with van der Waals surface area (Å²) in [6.45, 7) is -0.0442. The Morgan fingerprint density at radius 1 is 1.50 bits per heavy atom. The first-order valence-corrected chi connectivity index (χ1v) is 5.88. The number of aliphatic carboxylic acids is 1. The third-order valence-electron chi connectivity index (χ3n) is 2.19. The molecule has 0 heterocycles. The van der Waals surface area contributed by atoms with Crippen molar-refractivity contribution in [2.75, 3.05) is 0 Å². The standard InChI is InChI=1S/C11H12BrFN2O3/c12-7-1-2-8(13)6(3-7)5-15-11(18)9(14)4-10(16)17/h1-3,9H,4-5,14H2,(H,15,18)(H,16,17). The highest BCUT2D eigenvalue weighted by atomic mass is 79.9. The molecule has 0 saturated heterocycles. The second-order valence-electron chi connectivity index (χ2n) is 3.66. The molecule has 1 unspecified atom stereocenters. The van der Waals surface area contributed by atoms with Crippen LogP contribution in [0.5, 0.6) is 0 Å². The summed E-state index contributed by atoms with van der Waals surface area (Å²) in [5, 5.41) is 10.9. The van der Waals surface area contributed by atoms with E-state index in [0.717, 1.165) is 0 Å². The molecule has 0 spiro atoms. The van der Waals surface area contributed by atoms with Gasteiger partial charge in [-0.1, -0.05) is 15.9 Å². The van der Waals surface area contributed by atoms with Crippen molar-refractivity contribution in [2.45, 2.75) is 19.0 Å². The summed E-state index contributed by atoms with van der Waals surface area (Å²) < 4.78 is 14.0. The number of nitrogens with two attached hydrogens (primary N) is 1. The quantitative estimate of drug-likeness (QED) is 0.755. The number of rotatable bonds is 5. The highest BCUT2D eigenvalue weighted by molar-refractivity contribution is 9.10. The Bertz CT molecular complexity index is 468. The van der Waals surface area contributed by atoms with Gasteiger partial charge in [0, 0.05) is 16.6 Å². The van der Waals surface area contributed by atoms with Crippen molar-refractivity contribution in [1.29, 1.82) is 0 Å². The Balaban J connectivity index is 2.57. The summed E-state index contributed by atoms with van der Waals surface area (Å²) in [5.74, 6) is -2.24. The molecule has 7 heteroatoms. The van der Waals surface area contributed by atoms with Crippen LogP contribution in [0.1, 0.15) is 12.0 Å². The Labute approximate surface area is 111 Å². The number of nitrogens with one attached hydrogen (secondary N) is 1. The molecule has 98 valence electrons. The fraction of sp³-hybridized carbons (Fsp3) is 0.273. The van der Waals surface area contributed by atoms with Gasteiger partial charge in [-0.3, -0.25) is 9.59 Å². The van der Waals surface area contributed by atoms with Crippen LogP contribution in [0.2, 0.25) is 0 Å². The van der Waals surface area contributed by atoms with Gasteiger partial charge in [-0.05, 0) is 18.2 Å². The van der Waals surface area contributed by atoms with Gasteiger partial charge in [0.25, 0.3) is 0 Å². The summed E-state index contributed by atoms with van der Waals surface area (Å²) in [6.07, 6.45) is -0.465. The van der Waals surface area contributed by atoms with E-state index in [9.17, 15) is 14.0 Å². The number of amides is 1. The minimum atomic E-state index is -1.16. The predicted molar refractivity (Wildman–Crippen MR) is 66.2 cm³/mol. The van der Waals surface area contributed by atoms with Crippen molar-refractivity contribution < 1.29 is 19.1 Å². The average molecular weight is 319 g/mol. The molecule has 1 amide bonds. The zero-order chi connectivity index (χ0) is 13.7. The summed E-state index contributed by atoms with van der Waals surface area (Å²) in [4.78, 5) is 21.8. The number of hydrogen-bond donors (Lipinski definition) is 3. The Hall–Kier alpha value is -1.47. The normalized spacial score (nSPS) is 11.9. The van der Waals surface area contributed by atoms with Crippen LogP contribution in [-0.4, -0.2) is 23.0 Å². The van der Waals surface area contributed by atoms with Crippen molar-refractivity contribution in [1.82, 2.24) is 5.32 Å². The van der Waals surface area contributed by atoms with Crippen LogP contribution >= 0.6 is 15.9 Å². The van der Waals surface area contributed by atoms with E-state index in [0.29, 0.717) is 10.0 Å². The lowest BCUT2D eigenvalue weighted by Crippen LogP contribution is -2.41. The largest absolute Gasteiger partial charge is 0.481 e. The number of halogens is 2. The summed E-state index contributed by atoms with van der Waals surface area (Å²) in [5.41, 5.74) is 5.65. The Kier molecular flexibility index (Phi) is 5.24. The number of carboxylic acid groups (broad SMARTS) is 1. The molecule has 1 aromatic rings. The maximum atomic E-state index is 13.3. The topological polar surface area (TPSA) is 92.4 Å². The van der Waals surface area contributed by atoms with Crippen molar-refractivity contribution in [2.24, 2.45) is 5.73 Å². The van der Waals surface area contributed by atoms with Gasteiger partial charge in [0.1, 0.15) is 5.82 Å². The average Bonchev–Trinajstić information content (AvgIpc) is 2.29. The Morgan fingerprint density at radius 3 is 2.78 bits per heavy atom. The molecule has 1 atom stereocenters. The maximum absolute atomic E-state index is 13.3. The SMILES string of the molecule is NC(CC(=O)O)C(=O)NCc1cc(Br)ccc1F. The Morgan fingerprint density at radius 2 is 2.17 bits per heavy atom. The molecular weight excluding hydrogens is 307 g/mol. The maximum Gasteiger partial charge on any atom is 0.305 e. The first-order chi connectivity index (χ1) is 8.40. The second kappa shape index (κ2) is 6.46. The lowest BCUT2D eigenvalue weighted by molar-refractivity contribution is -0.139. The highest BCUT2D eigenvalue weighted by Gasteiger charge is 2.17. The molecule has 4 N–H and O–H groups in total. The van der Waals surface area contributed by atoms with E-state index >= 15 is 0 Å². The third-order valence-corrected chi connectivity index (χ3v) is 2.69. The van der Waals surface area contributed by atoms with Gasteiger partial charge < -0.3 is 16.2 Å². The number of carbonyl (C=O) groups is 2. The first kappa shape index (κ1) is 14.6. The van der Waals surface area contributed by atoms with Gasteiger partial charge >= 0.3 is 5.97 Å². The van der Waals surface area contributed by atoms with Gasteiger partial charge in [-0.25, -0.2) is 4.39 Å². The van der Waals surface area contributed by atoms with E-state index in [-0.39, 0.29) is 6.54 Å². The molecule has 1 aromatic carbocycles. The highest BCUT2D eigenvalue weighted by Crippen LogP contribution is 2.15. The molecule has 0 radical (unpaired) electrons. The minimum absolute atomic E-state index is 0.0442. The summed E-state index contributed by atoms with van der Waals surface area (Å²) >= 11 is 3.18. The van der Waals surface area contributed by atoms with Crippen LogP contribution in [0, 0.1) is 5.82 Å². The zero-order valence-electron chi connectivity index (χ0n) is 9.32. The van der Waals surface area contributed by atoms with Gasteiger partial charge in [0.05, 0.1) is 12.5 Å². The van der Waals surface area contributed by atoms with Crippen molar-refractivity contribution in [3.8, 4) is 0 Å². The molecule has 0 fully saturated rings. The monoisotopic (exact) mass is 318 g/mol. The zero-order valence-corrected chi connectivity index (χ0v) is 10.9. The lowest BCUT2D eigenvalue weighted by atomic mass is 10.2. The van der Waals surface area contributed by atoms with E-state index < -0.39 is 30.2 Å².